The highest BCUT2D eigenvalue weighted by molar-refractivity contribution is 7.16. The van der Waals surface area contributed by atoms with Gasteiger partial charge in [-0.05, 0) is 24.5 Å². The molecule has 1 aliphatic heterocycles. The molecule has 110 valence electrons. The van der Waals surface area contributed by atoms with Crippen molar-refractivity contribution in [1.82, 2.24) is 10.2 Å². The van der Waals surface area contributed by atoms with Gasteiger partial charge in [0, 0.05) is 37.1 Å². The first kappa shape index (κ1) is 17.5. The van der Waals surface area contributed by atoms with Crippen molar-refractivity contribution >= 4 is 47.8 Å². The first-order chi connectivity index (χ1) is 8.33. The number of nitrogens with zero attached hydrogens (tertiary/aromatic N) is 1. The van der Waals surface area contributed by atoms with E-state index in [4.69, 9.17) is 11.6 Å². The van der Waals surface area contributed by atoms with Crippen LogP contribution in [0.4, 0.5) is 0 Å². The van der Waals surface area contributed by atoms with Gasteiger partial charge in [0.05, 0.1) is 4.34 Å². The van der Waals surface area contributed by atoms with Crippen LogP contribution in [0.15, 0.2) is 12.1 Å². The number of thiophene rings is 1. The van der Waals surface area contributed by atoms with Crippen molar-refractivity contribution in [2.75, 3.05) is 26.2 Å². The lowest BCUT2D eigenvalue weighted by Crippen LogP contribution is -2.45. The average molecular weight is 344 g/mol. The summed E-state index contributed by atoms with van der Waals surface area (Å²) in [4.78, 5) is 4.10. The Bertz CT molecular complexity index is 376. The fraction of sp³-hybridized carbons (Fsp3) is 0.692. The van der Waals surface area contributed by atoms with Crippen LogP contribution in [0, 0.1) is 5.92 Å². The summed E-state index contributed by atoms with van der Waals surface area (Å²) in [5.41, 5.74) is 0. The number of nitrogens with one attached hydrogen (secondary N) is 1. The minimum Gasteiger partial charge on any atom is -0.314 e. The molecular weight excluding hydrogens is 323 g/mol. The summed E-state index contributed by atoms with van der Waals surface area (Å²) in [5, 5.41) is 3.43. The van der Waals surface area contributed by atoms with Gasteiger partial charge in [0.15, 0.2) is 0 Å². The molecule has 19 heavy (non-hydrogen) atoms. The van der Waals surface area contributed by atoms with Gasteiger partial charge in [-0.1, -0.05) is 24.4 Å². The van der Waals surface area contributed by atoms with E-state index in [-0.39, 0.29) is 24.8 Å². The molecule has 1 aromatic rings. The molecule has 0 radical (unpaired) electrons. The third-order valence-corrected chi connectivity index (χ3v) is 5.10. The van der Waals surface area contributed by atoms with Crippen LogP contribution in [0.25, 0.3) is 0 Å². The standard InChI is InChI=1S/C13H19ClN2S.2ClH/c14-13-4-3-12(17-13)11(9-10-1-2-10)16-7-5-15-6-8-16;;/h3-4,10-11,15H,1-2,5-9H2;2*1H/t11-;;/m1../s1. The maximum atomic E-state index is 6.08. The van der Waals surface area contributed by atoms with E-state index in [1.807, 2.05) is 6.07 Å². The summed E-state index contributed by atoms with van der Waals surface area (Å²) in [6.45, 7) is 4.60. The topological polar surface area (TPSA) is 15.3 Å². The van der Waals surface area contributed by atoms with Gasteiger partial charge in [0.25, 0.3) is 0 Å². The number of hydrogen-bond donors (Lipinski definition) is 1. The predicted octanol–water partition coefficient (Wildman–Crippen LogP) is 3.99. The molecule has 2 nitrogen and oxygen atoms in total. The third-order valence-electron chi connectivity index (χ3n) is 3.77. The van der Waals surface area contributed by atoms with Crippen LogP contribution in [-0.2, 0) is 0 Å². The van der Waals surface area contributed by atoms with Crippen molar-refractivity contribution in [3.05, 3.63) is 21.3 Å². The van der Waals surface area contributed by atoms with E-state index < -0.39 is 0 Å². The Morgan fingerprint density at radius 1 is 1.26 bits per heavy atom. The smallest absolute Gasteiger partial charge is 0.0931 e. The first-order valence-electron chi connectivity index (χ1n) is 6.53. The van der Waals surface area contributed by atoms with Crippen molar-refractivity contribution < 1.29 is 0 Å². The summed E-state index contributed by atoms with van der Waals surface area (Å²) in [6, 6.07) is 4.88. The Labute approximate surface area is 136 Å². The zero-order chi connectivity index (χ0) is 11.7. The number of halogens is 3. The summed E-state index contributed by atoms with van der Waals surface area (Å²) < 4.78 is 0.927. The van der Waals surface area contributed by atoms with E-state index in [2.05, 4.69) is 16.3 Å². The number of rotatable bonds is 4. The van der Waals surface area contributed by atoms with Gasteiger partial charge < -0.3 is 5.32 Å². The molecule has 6 heteroatoms. The molecular formula is C13H21Cl3N2S. The van der Waals surface area contributed by atoms with Crippen LogP contribution in [0.5, 0.6) is 0 Å². The van der Waals surface area contributed by atoms with Crippen molar-refractivity contribution in [1.29, 1.82) is 0 Å². The van der Waals surface area contributed by atoms with Crippen LogP contribution in [0.3, 0.4) is 0 Å². The molecule has 1 saturated carbocycles. The van der Waals surface area contributed by atoms with E-state index in [0.29, 0.717) is 6.04 Å². The lowest BCUT2D eigenvalue weighted by atomic mass is 10.1. The Kier molecular flexibility index (Phi) is 7.44. The highest BCUT2D eigenvalue weighted by Crippen LogP contribution is 2.42. The summed E-state index contributed by atoms with van der Waals surface area (Å²) >= 11 is 7.85. The molecule has 1 saturated heterocycles. The number of piperazine rings is 1. The Morgan fingerprint density at radius 2 is 1.95 bits per heavy atom. The van der Waals surface area contributed by atoms with Crippen LogP contribution in [-0.4, -0.2) is 31.1 Å². The highest BCUT2D eigenvalue weighted by atomic mass is 35.5. The molecule has 2 fully saturated rings. The quantitative estimate of drug-likeness (QED) is 0.889. The SMILES string of the molecule is Cl.Cl.Clc1ccc([C@@H](CC2CC2)N2CCNCC2)s1. The van der Waals surface area contributed by atoms with Gasteiger partial charge in [-0.25, -0.2) is 0 Å². The molecule has 2 aliphatic rings. The molecule has 3 rings (SSSR count). The highest BCUT2D eigenvalue weighted by Gasteiger charge is 2.31. The molecule has 1 aromatic heterocycles. The molecule has 2 heterocycles. The molecule has 0 spiro atoms. The van der Waals surface area contributed by atoms with E-state index in [9.17, 15) is 0 Å². The van der Waals surface area contributed by atoms with Gasteiger partial charge in [0.2, 0.25) is 0 Å². The fourth-order valence-electron chi connectivity index (χ4n) is 2.62. The van der Waals surface area contributed by atoms with Gasteiger partial charge in [-0.15, -0.1) is 36.2 Å². The second-order valence-electron chi connectivity index (χ2n) is 5.12. The van der Waals surface area contributed by atoms with E-state index in [1.54, 1.807) is 11.3 Å². The summed E-state index contributed by atoms with van der Waals surface area (Å²) in [6.07, 6.45) is 4.19. The number of hydrogen-bond acceptors (Lipinski definition) is 3. The Hall–Kier alpha value is 0.490. The van der Waals surface area contributed by atoms with Crippen molar-refractivity contribution in [2.24, 2.45) is 5.92 Å². The average Bonchev–Trinajstić information content (AvgIpc) is 3.08. The Balaban J connectivity index is 0.000000902. The summed E-state index contributed by atoms with van der Waals surface area (Å²) in [7, 11) is 0. The molecule has 0 aromatic carbocycles. The third kappa shape index (κ3) is 4.76. The lowest BCUT2D eigenvalue weighted by molar-refractivity contribution is 0.163. The van der Waals surface area contributed by atoms with Crippen molar-refractivity contribution in [3.8, 4) is 0 Å². The van der Waals surface area contributed by atoms with E-state index in [1.165, 1.54) is 37.2 Å². The second-order valence-corrected chi connectivity index (χ2v) is 6.87. The maximum Gasteiger partial charge on any atom is 0.0931 e. The van der Waals surface area contributed by atoms with E-state index in [0.717, 1.165) is 23.3 Å². The fourth-order valence-corrected chi connectivity index (χ4v) is 3.82. The Morgan fingerprint density at radius 3 is 2.47 bits per heavy atom. The van der Waals surface area contributed by atoms with Crippen LogP contribution >= 0.6 is 47.8 Å². The minimum absolute atomic E-state index is 0. The molecule has 1 N–H and O–H groups in total. The monoisotopic (exact) mass is 342 g/mol. The minimum atomic E-state index is 0. The van der Waals surface area contributed by atoms with Gasteiger partial charge >= 0.3 is 0 Å². The zero-order valence-corrected chi connectivity index (χ0v) is 14.0. The normalized spacial score (nSPS) is 21.3. The van der Waals surface area contributed by atoms with Crippen LogP contribution < -0.4 is 5.32 Å². The van der Waals surface area contributed by atoms with Crippen LogP contribution in [0.2, 0.25) is 4.34 Å². The molecule has 1 aliphatic carbocycles. The second kappa shape index (κ2) is 8.06. The molecule has 0 bridgehead atoms. The summed E-state index contributed by atoms with van der Waals surface area (Å²) in [5.74, 6) is 0.968. The zero-order valence-electron chi connectivity index (χ0n) is 10.8. The first-order valence-corrected chi connectivity index (χ1v) is 7.72. The molecule has 0 amide bonds. The van der Waals surface area contributed by atoms with Gasteiger partial charge in [-0.2, -0.15) is 0 Å². The lowest BCUT2D eigenvalue weighted by Gasteiger charge is -2.34. The van der Waals surface area contributed by atoms with Crippen LogP contribution in [0.1, 0.15) is 30.2 Å². The molecule has 1 atom stereocenters. The van der Waals surface area contributed by atoms with Crippen molar-refractivity contribution in [3.63, 3.8) is 0 Å². The van der Waals surface area contributed by atoms with Crippen molar-refractivity contribution in [2.45, 2.75) is 25.3 Å². The van der Waals surface area contributed by atoms with Gasteiger partial charge in [0.1, 0.15) is 0 Å². The molecule has 0 unspecified atom stereocenters. The van der Waals surface area contributed by atoms with E-state index >= 15 is 0 Å². The predicted molar refractivity (Wildman–Crippen MR) is 88.3 cm³/mol. The maximum absolute atomic E-state index is 6.08. The van der Waals surface area contributed by atoms with Gasteiger partial charge in [-0.3, -0.25) is 4.90 Å². The largest absolute Gasteiger partial charge is 0.314 e.